The Bertz CT molecular complexity index is 2720. The minimum Gasteiger partial charge on any atom is -0.459 e. The van der Waals surface area contributed by atoms with Crippen molar-refractivity contribution in [3.8, 4) is 0 Å². The van der Waals surface area contributed by atoms with Gasteiger partial charge in [0.1, 0.15) is 12.7 Å². The fourth-order valence-corrected chi connectivity index (χ4v) is 7.37. The molecule has 2 aliphatic heterocycles. The van der Waals surface area contributed by atoms with Gasteiger partial charge in [0, 0.05) is 0 Å². The number of ether oxygens (including phenoxy) is 9. The first-order valence-corrected chi connectivity index (χ1v) is 21.6. The number of esters is 7. The molecule has 0 aromatic heterocycles. The van der Waals surface area contributed by atoms with Crippen molar-refractivity contribution in [3.63, 3.8) is 0 Å². The summed E-state index contributed by atoms with van der Waals surface area (Å²) in [7, 11) is 0. The third-order valence-corrected chi connectivity index (χ3v) is 10.8. The van der Waals surface area contributed by atoms with Crippen LogP contribution in [0.1, 0.15) is 62.1 Å². The van der Waals surface area contributed by atoms with Crippen molar-refractivity contribution in [1.29, 1.82) is 0 Å². The van der Waals surface area contributed by atoms with Crippen LogP contribution in [0.2, 0.25) is 0 Å². The van der Waals surface area contributed by atoms with Crippen molar-refractivity contribution in [2.75, 3.05) is 13.2 Å². The third kappa shape index (κ3) is 11.7. The molecular weight excluding hydrogens is 893 g/mol. The minimum absolute atomic E-state index is 0.0572. The molecule has 8 rings (SSSR count). The molecule has 6 aromatic rings. The van der Waals surface area contributed by atoms with E-state index in [2.05, 4.69) is 0 Å². The van der Waals surface area contributed by atoms with E-state index in [1.54, 1.807) is 109 Å². The van der Waals surface area contributed by atoms with E-state index >= 15 is 0 Å². The zero-order chi connectivity index (χ0) is 48.1. The molecule has 16 nitrogen and oxygen atoms in total. The van der Waals surface area contributed by atoms with Crippen LogP contribution >= 0.6 is 0 Å². The molecule has 0 N–H and O–H groups in total. The van der Waals surface area contributed by atoms with Gasteiger partial charge >= 0.3 is 41.8 Å². The zero-order valence-electron chi connectivity index (χ0n) is 36.4. The van der Waals surface area contributed by atoms with Gasteiger partial charge in [-0.15, -0.1) is 0 Å². The average Bonchev–Trinajstić information content (AvgIpc) is 3.69. The van der Waals surface area contributed by atoms with E-state index in [0.29, 0.717) is 0 Å². The number of hydrogen-bond acceptors (Lipinski definition) is 16. The van der Waals surface area contributed by atoms with Gasteiger partial charge in [0.2, 0.25) is 6.10 Å². The Morgan fingerprint density at radius 3 is 1.10 bits per heavy atom. The van der Waals surface area contributed by atoms with Gasteiger partial charge in [-0.05, 0) is 72.8 Å². The average molecular weight is 935 g/mol. The summed E-state index contributed by atoms with van der Waals surface area (Å²) in [6.45, 7) is -1.35. The highest BCUT2D eigenvalue weighted by Gasteiger charge is 2.56. The summed E-state index contributed by atoms with van der Waals surface area (Å²) < 4.78 is 53.8. The molecule has 8 atom stereocenters. The molecule has 2 saturated heterocycles. The number of carbonyl (C=O) groups is 7. The minimum atomic E-state index is -1.81. The Balaban J connectivity index is 1.16. The molecule has 0 unspecified atom stereocenters. The van der Waals surface area contributed by atoms with Crippen LogP contribution in [0.25, 0.3) is 0 Å². The van der Waals surface area contributed by atoms with E-state index in [-0.39, 0.29) is 33.4 Å². The lowest BCUT2D eigenvalue weighted by atomic mass is 9.97. The number of benzene rings is 6. The van der Waals surface area contributed by atoms with Crippen LogP contribution < -0.4 is 0 Å². The molecule has 16 heteroatoms. The van der Waals surface area contributed by atoms with E-state index in [1.807, 2.05) is 0 Å². The van der Waals surface area contributed by atoms with Gasteiger partial charge in [-0.3, -0.25) is 0 Å². The normalized spacial score (nSPS) is 21.7. The van der Waals surface area contributed by atoms with Gasteiger partial charge in [0.05, 0.1) is 40.0 Å². The molecule has 0 spiro atoms. The molecule has 2 heterocycles. The lowest BCUT2D eigenvalue weighted by molar-refractivity contribution is -0.302. The van der Waals surface area contributed by atoms with Gasteiger partial charge in [0.15, 0.2) is 36.8 Å². The Hall–Kier alpha value is -8.47. The Kier molecular flexibility index (Phi) is 15.2. The third-order valence-electron chi connectivity index (χ3n) is 10.8. The first kappa shape index (κ1) is 47.0. The Morgan fingerprint density at radius 2 is 0.696 bits per heavy atom. The van der Waals surface area contributed by atoms with Gasteiger partial charge < -0.3 is 42.6 Å². The zero-order valence-corrected chi connectivity index (χ0v) is 36.4. The van der Waals surface area contributed by atoms with E-state index in [4.69, 9.17) is 42.6 Å². The van der Waals surface area contributed by atoms with Gasteiger partial charge in [-0.25, -0.2) is 33.6 Å². The highest BCUT2D eigenvalue weighted by atomic mass is 16.7. The molecule has 0 saturated carbocycles. The number of carbonyl (C=O) groups excluding carboxylic acids is 7. The van der Waals surface area contributed by atoms with Crippen LogP contribution in [0.4, 0.5) is 0 Å². The maximum atomic E-state index is 14.1. The molecule has 0 bridgehead atoms. The summed E-state index contributed by atoms with van der Waals surface area (Å²) in [4.78, 5) is 95.8. The van der Waals surface area contributed by atoms with E-state index in [1.165, 1.54) is 72.8 Å². The second-order valence-electron chi connectivity index (χ2n) is 15.5. The second kappa shape index (κ2) is 22.3. The van der Waals surface area contributed by atoms with Crippen molar-refractivity contribution in [3.05, 3.63) is 215 Å². The van der Waals surface area contributed by atoms with Crippen LogP contribution in [-0.4, -0.2) is 104 Å². The lowest BCUT2D eigenvalue weighted by Gasteiger charge is -2.44. The molecule has 69 heavy (non-hydrogen) atoms. The molecular formula is C53H42O16. The first-order valence-electron chi connectivity index (χ1n) is 21.6. The van der Waals surface area contributed by atoms with Gasteiger partial charge in [-0.2, -0.15) is 0 Å². The van der Waals surface area contributed by atoms with E-state index in [9.17, 15) is 33.6 Å². The SMILES string of the molecule is O=C(OC[C@H]1O[C@H](OC[C@H]2OC(=O)[C@@H](OC(=O)c3ccccc3)[C@@H]2OC(=O)c2ccccc2)[C@H](OC(=O)c2ccccc2)[C@@H](OC(=O)c2ccccc2)[C@@H]1OC(=O)c1ccccc1)c1ccccc1. The van der Waals surface area contributed by atoms with Crippen molar-refractivity contribution in [2.24, 2.45) is 0 Å². The van der Waals surface area contributed by atoms with Crippen LogP contribution in [0.5, 0.6) is 0 Å². The number of cyclic esters (lactones) is 1. The molecule has 2 fully saturated rings. The quantitative estimate of drug-likeness (QED) is 0.0738. The summed E-state index contributed by atoms with van der Waals surface area (Å²) in [5.41, 5.74) is 0.564. The van der Waals surface area contributed by atoms with Crippen LogP contribution in [0.15, 0.2) is 182 Å². The largest absolute Gasteiger partial charge is 0.459 e. The second-order valence-corrected chi connectivity index (χ2v) is 15.5. The molecule has 350 valence electrons. The molecule has 2 aliphatic rings. The summed E-state index contributed by atoms with van der Waals surface area (Å²) in [6.07, 6.45) is -13.5. The molecule has 0 aliphatic carbocycles. The molecule has 6 aromatic carbocycles. The number of hydrogen-bond donors (Lipinski definition) is 0. The topological polar surface area (TPSA) is 203 Å². The maximum absolute atomic E-state index is 14.1. The van der Waals surface area contributed by atoms with Crippen LogP contribution in [-0.2, 0) is 47.4 Å². The molecule has 0 amide bonds. The number of rotatable bonds is 16. The Labute approximate surface area is 394 Å². The monoisotopic (exact) mass is 934 g/mol. The maximum Gasteiger partial charge on any atom is 0.352 e. The van der Waals surface area contributed by atoms with Crippen molar-refractivity contribution < 1.29 is 76.2 Å². The van der Waals surface area contributed by atoms with E-state index in [0.717, 1.165) is 0 Å². The highest BCUT2D eigenvalue weighted by molar-refractivity contribution is 5.94. The lowest BCUT2D eigenvalue weighted by Crippen LogP contribution is -2.63. The molecule has 0 radical (unpaired) electrons. The smallest absolute Gasteiger partial charge is 0.352 e. The van der Waals surface area contributed by atoms with Gasteiger partial charge in [-0.1, -0.05) is 109 Å². The van der Waals surface area contributed by atoms with Crippen LogP contribution in [0.3, 0.4) is 0 Å². The first-order chi connectivity index (χ1) is 33.6. The predicted octanol–water partition coefficient (Wildman–Crippen LogP) is 6.64. The Morgan fingerprint density at radius 1 is 0.362 bits per heavy atom. The van der Waals surface area contributed by atoms with E-state index < -0.39 is 104 Å². The summed E-state index contributed by atoms with van der Waals surface area (Å²) in [6, 6.07) is 47.0. The van der Waals surface area contributed by atoms with Gasteiger partial charge in [0.25, 0.3) is 0 Å². The fraction of sp³-hybridized carbons (Fsp3) is 0.189. The van der Waals surface area contributed by atoms with Crippen molar-refractivity contribution >= 4 is 41.8 Å². The standard InChI is InChI=1S/C53H42O16/c54-46(33-19-7-1-8-20-33)61-31-40-41(65-47(55)34-21-9-2-10-22-34)43(67-49(57)36-25-13-4-14-26-36)45(69-51(59)38-29-17-6-18-30-38)53(64-40)62-32-39-42(66-48(56)35-23-11-3-12-24-35)44(52(60)63-39)68-50(58)37-27-15-5-16-28-37/h1-30,39-45,53H,31-32H2/t39-,40-,41-,42-,43+,44+,45-,53+/m1/s1. The van der Waals surface area contributed by atoms with Crippen molar-refractivity contribution in [1.82, 2.24) is 0 Å². The fourth-order valence-electron chi connectivity index (χ4n) is 7.37. The highest BCUT2D eigenvalue weighted by Crippen LogP contribution is 2.33. The predicted molar refractivity (Wildman–Crippen MR) is 239 cm³/mol. The van der Waals surface area contributed by atoms with Crippen LogP contribution in [0, 0.1) is 0 Å². The summed E-state index contributed by atoms with van der Waals surface area (Å²) in [5.74, 6) is -6.49. The summed E-state index contributed by atoms with van der Waals surface area (Å²) >= 11 is 0. The summed E-state index contributed by atoms with van der Waals surface area (Å²) in [5, 5.41) is 0. The van der Waals surface area contributed by atoms with Crippen molar-refractivity contribution in [2.45, 2.75) is 49.0 Å².